The maximum Gasteiger partial charge on any atom is 0.374 e. The molecule has 1 aromatic heterocycles. The van der Waals surface area contributed by atoms with Gasteiger partial charge in [-0.05, 0) is 12.8 Å². The number of halogens is 1. The molecule has 4 nitrogen and oxygen atoms in total. The molecule has 0 saturated heterocycles. The van der Waals surface area contributed by atoms with Gasteiger partial charge in [0.1, 0.15) is 0 Å². The number of nitrogens with one attached hydrogen (secondary N) is 1. The number of hydrogen-bond donors (Lipinski definition) is 1. The van der Waals surface area contributed by atoms with Gasteiger partial charge in [0, 0.05) is 0 Å². The Balaban J connectivity index is 2.90. The average molecular weight is 217 g/mol. The fourth-order valence-corrected chi connectivity index (χ4v) is 1.39. The molecule has 5 heteroatoms. The van der Waals surface area contributed by atoms with E-state index in [-0.39, 0.29) is 11.7 Å². The van der Waals surface area contributed by atoms with Crippen molar-refractivity contribution in [2.24, 2.45) is 0 Å². The molecular formula is C9H13ClN2O2. The molecule has 78 valence electrons. The smallest absolute Gasteiger partial charge is 0.374 e. The van der Waals surface area contributed by atoms with Gasteiger partial charge in [0.2, 0.25) is 5.82 Å². The summed E-state index contributed by atoms with van der Waals surface area (Å²) in [6.07, 6.45) is 0. The second-order valence-corrected chi connectivity index (χ2v) is 3.52. The van der Waals surface area contributed by atoms with E-state index >= 15 is 0 Å². The van der Waals surface area contributed by atoms with Crippen molar-refractivity contribution in [1.29, 1.82) is 0 Å². The maximum atomic E-state index is 11.3. The number of carbonyl (C=O) groups excluding carboxylic acids is 1. The van der Waals surface area contributed by atoms with E-state index in [9.17, 15) is 4.79 Å². The van der Waals surface area contributed by atoms with Crippen molar-refractivity contribution in [2.75, 3.05) is 6.61 Å². The van der Waals surface area contributed by atoms with Crippen LogP contribution in [0.25, 0.3) is 0 Å². The van der Waals surface area contributed by atoms with Crippen LogP contribution < -0.4 is 0 Å². The number of H-pyrrole nitrogens is 1. The molecule has 0 unspecified atom stereocenters. The average Bonchev–Trinajstić information content (AvgIpc) is 2.48. The van der Waals surface area contributed by atoms with Crippen LogP contribution >= 0.6 is 11.6 Å². The van der Waals surface area contributed by atoms with Crippen LogP contribution in [-0.2, 0) is 4.74 Å². The number of hydrogen-bond acceptors (Lipinski definition) is 3. The molecule has 0 aliphatic carbocycles. The van der Waals surface area contributed by atoms with Gasteiger partial charge < -0.3 is 9.72 Å². The van der Waals surface area contributed by atoms with E-state index in [2.05, 4.69) is 9.97 Å². The Hall–Kier alpha value is -1.03. The maximum absolute atomic E-state index is 11.3. The summed E-state index contributed by atoms with van der Waals surface area (Å²) in [6, 6.07) is 0. The molecule has 0 fully saturated rings. The van der Waals surface area contributed by atoms with Gasteiger partial charge in [-0.3, -0.25) is 0 Å². The number of esters is 1. The van der Waals surface area contributed by atoms with E-state index in [1.54, 1.807) is 6.92 Å². The minimum absolute atomic E-state index is 0.167. The number of carbonyl (C=O) groups is 1. The second-order valence-electron chi connectivity index (χ2n) is 3.17. The Kier molecular flexibility index (Phi) is 3.52. The minimum atomic E-state index is -0.471. The molecule has 0 radical (unpaired) electrons. The summed E-state index contributed by atoms with van der Waals surface area (Å²) in [5.41, 5.74) is 0.759. The second kappa shape index (κ2) is 4.46. The first-order valence-electron chi connectivity index (χ1n) is 4.48. The largest absolute Gasteiger partial charge is 0.460 e. The zero-order valence-electron chi connectivity index (χ0n) is 8.43. The molecule has 1 aromatic rings. The van der Waals surface area contributed by atoms with E-state index < -0.39 is 5.97 Å². The van der Waals surface area contributed by atoms with Crippen LogP contribution in [-0.4, -0.2) is 22.5 Å². The summed E-state index contributed by atoms with van der Waals surface area (Å²) in [7, 11) is 0. The van der Waals surface area contributed by atoms with Crippen LogP contribution in [0, 0.1) is 0 Å². The van der Waals surface area contributed by atoms with Crippen molar-refractivity contribution in [2.45, 2.75) is 26.7 Å². The summed E-state index contributed by atoms with van der Waals surface area (Å²) in [5.74, 6) is -0.0972. The van der Waals surface area contributed by atoms with Crippen LogP contribution in [0.5, 0.6) is 0 Å². The standard InChI is InChI=1S/C9H13ClN2O2/c1-4-14-9(13)8-11-6(5(2)3)7(10)12-8/h5H,4H2,1-3H3,(H,11,12). The zero-order valence-corrected chi connectivity index (χ0v) is 9.18. The third-order valence-corrected chi connectivity index (χ3v) is 2.02. The first kappa shape index (κ1) is 11.0. The molecule has 0 atom stereocenters. The number of imidazole rings is 1. The van der Waals surface area contributed by atoms with Crippen molar-refractivity contribution in [3.8, 4) is 0 Å². The highest BCUT2D eigenvalue weighted by Gasteiger charge is 2.16. The van der Waals surface area contributed by atoms with E-state index in [1.807, 2.05) is 13.8 Å². The third-order valence-electron chi connectivity index (χ3n) is 1.73. The number of aromatic amines is 1. The normalized spacial score (nSPS) is 10.6. The molecule has 1 heterocycles. The number of nitrogens with zero attached hydrogens (tertiary/aromatic N) is 1. The highest BCUT2D eigenvalue weighted by Crippen LogP contribution is 2.21. The Bertz CT molecular complexity index is 334. The van der Waals surface area contributed by atoms with Gasteiger partial charge in [-0.2, -0.15) is 0 Å². The molecule has 0 spiro atoms. The Morgan fingerprint density at radius 2 is 2.29 bits per heavy atom. The first-order valence-corrected chi connectivity index (χ1v) is 4.86. The third kappa shape index (κ3) is 2.26. The summed E-state index contributed by atoms with van der Waals surface area (Å²) >= 11 is 5.83. The van der Waals surface area contributed by atoms with Crippen molar-refractivity contribution in [3.63, 3.8) is 0 Å². The highest BCUT2D eigenvalue weighted by atomic mass is 35.5. The Labute approximate surface area is 87.6 Å². The zero-order chi connectivity index (χ0) is 10.7. The molecule has 0 saturated carbocycles. The van der Waals surface area contributed by atoms with Crippen molar-refractivity contribution < 1.29 is 9.53 Å². The van der Waals surface area contributed by atoms with Gasteiger partial charge in [-0.15, -0.1) is 0 Å². The minimum Gasteiger partial charge on any atom is -0.460 e. The van der Waals surface area contributed by atoms with Gasteiger partial charge in [0.25, 0.3) is 0 Å². The molecule has 0 aliphatic rings. The highest BCUT2D eigenvalue weighted by molar-refractivity contribution is 6.30. The van der Waals surface area contributed by atoms with Crippen molar-refractivity contribution in [1.82, 2.24) is 9.97 Å². The van der Waals surface area contributed by atoms with Gasteiger partial charge >= 0.3 is 5.97 Å². The SMILES string of the molecule is CCOC(=O)c1nc(Cl)c(C(C)C)[nH]1. The molecule has 0 aromatic carbocycles. The van der Waals surface area contributed by atoms with Gasteiger partial charge in [0.15, 0.2) is 5.15 Å². The predicted octanol–water partition coefficient (Wildman–Crippen LogP) is 2.36. The lowest BCUT2D eigenvalue weighted by atomic mass is 10.2. The lowest BCUT2D eigenvalue weighted by molar-refractivity contribution is 0.0513. The molecule has 0 aliphatic heterocycles. The summed E-state index contributed by atoms with van der Waals surface area (Å²) in [4.78, 5) is 18.0. The fourth-order valence-electron chi connectivity index (χ4n) is 1.04. The summed E-state index contributed by atoms with van der Waals surface area (Å²) < 4.78 is 4.78. The van der Waals surface area contributed by atoms with Crippen LogP contribution in [0.1, 0.15) is 43.0 Å². The molecule has 0 amide bonds. The summed E-state index contributed by atoms with van der Waals surface area (Å²) in [6.45, 7) is 6.00. The quantitative estimate of drug-likeness (QED) is 0.790. The number of aromatic nitrogens is 2. The van der Waals surface area contributed by atoms with Gasteiger partial charge in [-0.1, -0.05) is 25.4 Å². The lowest BCUT2D eigenvalue weighted by Crippen LogP contribution is -2.06. The van der Waals surface area contributed by atoms with Crippen LogP contribution in [0.2, 0.25) is 5.15 Å². The van der Waals surface area contributed by atoms with Crippen molar-refractivity contribution in [3.05, 3.63) is 16.7 Å². The Morgan fingerprint density at radius 1 is 1.64 bits per heavy atom. The van der Waals surface area contributed by atoms with Gasteiger partial charge in [0.05, 0.1) is 12.3 Å². The Morgan fingerprint density at radius 3 is 2.71 bits per heavy atom. The topological polar surface area (TPSA) is 55.0 Å². The van der Waals surface area contributed by atoms with E-state index in [0.29, 0.717) is 11.8 Å². The molecule has 0 bridgehead atoms. The number of ether oxygens (including phenoxy) is 1. The summed E-state index contributed by atoms with van der Waals surface area (Å²) in [5, 5.41) is 0.336. The predicted molar refractivity (Wildman–Crippen MR) is 53.6 cm³/mol. The number of rotatable bonds is 3. The monoisotopic (exact) mass is 216 g/mol. The molecule has 14 heavy (non-hydrogen) atoms. The molecular weight excluding hydrogens is 204 g/mol. The first-order chi connectivity index (χ1) is 6.56. The van der Waals surface area contributed by atoms with E-state index in [0.717, 1.165) is 5.69 Å². The van der Waals surface area contributed by atoms with Crippen LogP contribution in [0.3, 0.4) is 0 Å². The fraction of sp³-hybridized carbons (Fsp3) is 0.556. The van der Waals surface area contributed by atoms with Crippen LogP contribution in [0.15, 0.2) is 0 Å². The van der Waals surface area contributed by atoms with Crippen LogP contribution in [0.4, 0.5) is 0 Å². The van der Waals surface area contributed by atoms with Crippen molar-refractivity contribution >= 4 is 17.6 Å². The molecule has 1 N–H and O–H groups in total. The van der Waals surface area contributed by atoms with Gasteiger partial charge in [-0.25, -0.2) is 9.78 Å². The van der Waals surface area contributed by atoms with E-state index in [1.165, 1.54) is 0 Å². The van der Waals surface area contributed by atoms with E-state index in [4.69, 9.17) is 16.3 Å². The molecule has 1 rings (SSSR count). The lowest BCUT2D eigenvalue weighted by Gasteiger charge is -2.00.